The molecule has 0 spiro atoms. The molecule has 2 N–H and O–H groups in total. The molecular weight excluding hydrogens is 462 g/mol. The van der Waals surface area contributed by atoms with E-state index in [4.69, 9.17) is 0 Å². The lowest BCUT2D eigenvalue weighted by Gasteiger charge is -2.14. The minimum atomic E-state index is -2.96. The molecular formula is C25H24F2N2O4S. The Bertz CT molecular complexity index is 1110. The molecule has 0 aliphatic rings. The van der Waals surface area contributed by atoms with Crippen LogP contribution >= 0.6 is 11.3 Å². The number of alkyl halides is 2. The fourth-order valence-electron chi connectivity index (χ4n) is 3.24. The zero-order chi connectivity index (χ0) is 24.3. The second-order valence-electron chi connectivity index (χ2n) is 7.41. The quantitative estimate of drug-likeness (QED) is 0.351. The average Bonchev–Trinajstić information content (AvgIpc) is 3.35. The number of ether oxygens (including phenoxy) is 1. The van der Waals surface area contributed by atoms with E-state index in [1.165, 1.54) is 23.5 Å². The maximum atomic E-state index is 12.8. The Morgan fingerprint density at radius 2 is 1.71 bits per heavy atom. The summed E-state index contributed by atoms with van der Waals surface area (Å²) in [6.07, 6.45) is 0.531. The van der Waals surface area contributed by atoms with Gasteiger partial charge in [-0.25, -0.2) is 0 Å². The van der Waals surface area contributed by atoms with Crippen LogP contribution in [0, 0.1) is 0 Å². The molecule has 1 aromatic heterocycles. The molecule has 3 aromatic rings. The molecule has 2 aromatic carbocycles. The van der Waals surface area contributed by atoms with Crippen LogP contribution in [-0.2, 0) is 16.0 Å². The zero-order valence-electron chi connectivity index (χ0n) is 18.3. The van der Waals surface area contributed by atoms with Crippen LogP contribution in [-0.4, -0.2) is 30.8 Å². The normalized spacial score (nSPS) is 10.7. The summed E-state index contributed by atoms with van der Waals surface area (Å²) >= 11 is 1.33. The third-order valence-electron chi connectivity index (χ3n) is 4.85. The van der Waals surface area contributed by atoms with Gasteiger partial charge < -0.3 is 15.4 Å². The Balaban J connectivity index is 1.49. The summed E-state index contributed by atoms with van der Waals surface area (Å²) in [5.41, 5.74) is 1.85. The summed E-state index contributed by atoms with van der Waals surface area (Å²) < 4.78 is 30.2. The predicted octanol–water partition coefficient (Wildman–Crippen LogP) is 5.05. The number of ketones is 1. The number of nitrogens with one attached hydrogen (secondary N) is 2. The second-order valence-corrected chi connectivity index (χ2v) is 8.36. The summed E-state index contributed by atoms with van der Waals surface area (Å²) in [6.45, 7) is -2.85. The van der Waals surface area contributed by atoms with E-state index < -0.39 is 6.61 Å². The van der Waals surface area contributed by atoms with Crippen LogP contribution in [0.15, 0.2) is 66.0 Å². The van der Waals surface area contributed by atoms with Gasteiger partial charge in [-0.15, -0.1) is 11.3 Å². The fourth-order valence-corrected chi connectivity index (χ4v) is 3.93. The molecule has 6 nitrogen and oxygen atoms in total. The summed E-state index contributed by atoms with van der Waals surface area (Å²) in [5, 5.41) is 7.13. The Labute approximate surface area is 199 Å². The number of carbonyl (C=O) groups excluding carboxylic acids is 3. The molecule has 0 bridgehead atoms. The van der Waals surface area contributed by atoms with Crippen molar-refractivity contribution in [2.45, 2.75) is 32.3 Å². The number of hydrogen-bond acceptors (Lipinski definition) is 5. The van der Waals surface area contributed by atoms with Gasteiger partial charge in [0.05, 0.1) is 4.88 Å². The van der Waals surface area contributed by atoms with Crippen LogP contribution in [0.25, 0.3) is 0 Å². The SMILES string of the molecule is O=C(CCC(=O)c1cccs1)NCCC(=O)Nc1ccc(OC(F)F)c(Cc2ccccc2)c1. The van der Waals surface area contributed by atoms with Gasteiger partial charge in [-0.2, -0.15) is 8.78 Å². The van der Waals surface area contributed by atoms with E-state index in [9.17, 15) is 23.2 Å². The monoisotopic (exact) mass is 486 g/mol. The third kappa shape index (κ3) is 8.08. The molecule has 0 unspecified atom stereocenters. The molecule has 0 radical (unpaired) electrons. The minimum absolute atomic E-state index is 0.0217. The van der Waals surface area contributed by atoms with E-state index in [-0.39, 0.29) is 49.2 Å². The standard InChI is InChI=1S/C25H24F2N2O4S/c26-25(27)33-21-10-8-19(16-18(21)15-17-5-2-1-3-6-17)29-24(32)12-13-28-23(31)11-9-20(30)22-7-4-14-34-22/h1-8,10,14,16,25H,9,11-13,15H2,(H,28,31)(H,29,32). The van der Waals surface area contributed by atoms with E-state index in [1.807, 2.05) is 30.3 Å². The van der Waals surface area contributed by atoms with Crippen molar-refractivity contribution in [1.29, 1.82) is 0 Å². The zero-order valence-corrected chi connectivity index (χ0v) is 19.1. The van der Waals surface area contributed by atoms with Crippen molar-refractivity contribution in [1.82, 2.24) is 5.32 Å². The van der Waals surface area contributed by atoms with Crippen molar-refractivity contribution in [2.24, 2.45) is 0 Å². The van der Waals surface area contributed by atoms with Gasteiger partial charge in [0.2, 0.25) is 11.8 Å². The maximum Gasteiger partial charge on any atom is 0.387 e. The minimum Gasteiger partial charge on any atom is -0.435 e. The maximum absolute atomic E-state index is 12.8. The van der Waals surface area contributed by atoms with Crippen molar-refractivity contribution >= 4 is 34.6 Å². The Kier molecular flexibility index (Phi) is 9.28. The fraction of sp³-hybridized carbons (Fsp3) is 0.240. The lowest BCUT2D eigenvalue weighted by atomic mass is 10.0. The van der Waals surface area contributed by atoms with Gasteiger partial charge in [-0.05, 0) is 35.2 Å². The Hall–Kier alpha value is -3.59. The number of anilines is 1. The predicted molar refractivity (Wildman–Crippen MR) is 126 cm³/mol. The van der Waals surface area contributed by atoms with Gasteiger partial charge >= 0.3 is 6.61 Å². The number of amides is 2. The summed E-state index contributed by atoms with van der Waals surface area (Å²) in [5.74, 6) is -0.700. The van der Waals surface area contributed by atoms with E-state index in [2.05, 4.69) is 15.4 Å². The van der Waals surface area contributed by atoms with Crippen molar-refractivity contribution in [3.05, 3.63) is 82.0 Å². The molecule has 2 amide bonds. The summed E-state index contributed by atoms with van der Waals surface area (Å²) in [6, 6.07) is 17.3. The molecule has 0 saturated heterocycles. The van der Waals surface area contributed by atoms with Crippen LogP contribution in [0.5, 0.6) is 5.75 Å². The van der Waals surface area contributed by atoms with Crippen LogP contribution in [0.2, 0.25) is 0 Å². The first kappa shape index (κ1) is 25.0. The molecule has 0 aliphatic heterocycles. The topological polar surface area (TPSA) is 84.5 Å². The highest BCUT2D eigenvalue weighted by molar-refractivity contribution is 7.12. The van der Waals surface area contributed by atoms with Gasteiger partial charge in [0.1, 0.15) is 5.75 Å². The first-order valence-electron chi connectivity index (χ1n) is 10.7. The van der Waals surface area contributed by atoms with Crippen LogP contribution < -0.4 is 15.4 Å². The van der Waals surface area contributed by atoms with Crippen molar-refractivity contribution in [3.8, 4) is 5.75 Å². The van der Waals surface area contributed by atoms with E-state index in [0.717, 1.165) is 5.56 Å². The van der Waals surface area contributed by atoms with Gasteiger partial charge in [-0.1, -0.05) is 36.4 Å². The highest BCUT2D eigenvalue weighted by atomic mass is 32.1. The smallest absolute Gasteiger partial charge is 0.387 e. The average molecular weight is 487 g/mol. The van der Waals surface area contributed by atoms with Crippen LogP contribution in [0.3, 0.4) is 0 Å². The molecule has 34 heavy (non-hydrogen) atoms. The highest BCUT2D eigenvalue weighted by Gasteiger charge is 2.13. The van der Waals surface area contributed by atoms with E-state index in [1.54, 1.807) is 23.6 Å². The number of hydrogen-bond donors (Lipinski definition) is 2. The molecule has 178 valence electrons. The van der Waals surface area contributed by atoms with Crippen molar-refractivity contribution in [3.63, 3.8) is 0 Å². The second kappa shape index (κ2) is 12.6. The molecule has 0 fully saturated rings. The van der Waals surface area contributed by atoms with E-state index >= 15 is 0 Å². The molecule has 0 saturated carbocycles. The number of thiophene rings is 1. The molecule has 0 aliphatic carbocycles. The lowest BCUT2D eigenvalue weighted by Crippen LogP contribution is -2.27. The number of benzene rings is 2. The first-order chi connectivity index (χ1) is 16.4. The summed E-state index contributed by atoms with van der Waals surface area (Å²) in [7, 11) is 0. The Morgan fingerprint density at radius 1 is 0.912 bits per heavy atom. The van der Waals surface area contributed by atoms with Gasteiger partial charge in [0.25, 0.3) is 0 Å². The lowest BCUT2D eigenvalue weighted by molar-refractivity contribution is -0.121. The largest absolute Gasteiger partial charge is 0.435 e. The highest BCUT2D eigenvalue weighted by Crippen LogP contribution is 2.27. The Morgan fingerprint density at radius 3 is 2.41 bits per heavy atom. The number of carbonyl (C=O) groups is 3. The summed E-state index contributed by atoms with van der Waals surface area (Å²) in [4.78, 5) is 36.8. The number of halogens is 2. The van der Waals surface area contributed by atoms with E-state index in [0.29, 0.717) is 22.5 Å². The molecule has 9 heteroatoms. The van der Waals surface area contributed by atoms with Gasteiger partial charge in [0.15, 0.2) is 5.78 Å². The van der Waals surface area contributed by atoms with Gasteiger partial charge in [-0.3, -0.25) is 14.4 Å². The number of rotatable bonds is 12. The molecule has 0 atom stereocenters. The van der Waals surface area contributed by atoms with Crippen molar-refractivity contribution in [2.75, 3.05) is 11.9 Å². The third-order valence-corrected chi connectivity index (χ3v) is 5.76. The molecule has 1 heterocycles. The first-order valence-corrected chi connectivity index (χ1v) is 11.5. The van der Waals surface area contributed by atoms with Crippen molar-refractivity contribution < 1.29 is 27.9 Å². The number of Topliss-reactive ketones (excluding diaryl/α,β-unsaturated/α-hetero) is 1. The van der Waals surface area contributed by atoms with Crippen LogP contribution in [0.4, 0.5) is 14.5 Å². The van der Waals surface area contributed by atoms with Crippen LogP contribution in [0.1, 0.15) is 40.1 Å². The molecule has 3 rings (SSSR count). The van der Waals surface area contributed by atoms with Gasteiger partial charge in [0, 0.05) is 43.5 Å².